The molecule has 2 saturated heterocycles. The summed E-state index contributed by atoms with van der Waals surface area (Å²) in [4.78, 5) is 24.7. The van der Waals surface area contributed by atoms with Crippen LogP contribution in [0.1, 0.15) is 49.6 Å². The van der Waals surface area contributed by atoms with Crippen molar-refractivity contribution in [2.75, 3.05) is 13.1 Å². The molecule has 2 aromatic heterocycles. The van der Waals surface area contributed by atoms with Crippen molar-refractivity contribution in [1.82, 2.24) is 20.2 Å². The van der Waals surface area contributed by atoms with Gasteiger partial charge in [0.25, 0.3) is 0 Å². The highest BCUT2D eigenvalue weighted by Crippen LogP contribution is 2.38. The van der Waals surface area contributed by atoms with Gasteiger partial charge in [-0.2, -0.15) is 0 Å². The van der Waals surface area contributed by atoms with E-state index in [1.165, 1.54) is 5.56 Å². The summed E-state index contributed by atoms with van der Waals surface area (Å²) in [5.41, 5.74) is 4.97. The van der Waals surface area contributed by atoms with Crippen molar-refractivity contribution in [3.63, 3.8) is 0 Å². The Morgan fingerprint density at radius 2 is 2.12 bits per heavy atom. The van der Waals surface area contributed by atoms with Crippen LogP contribution in [0.4, 0.5) is 0 Å². The topological polar surface area (TPSA) is 67.4 Å². The largest absolute Gasteiger partial charge is 0.369 e. The second-order valence-corrected chi connectivity index (χ2v) is 11.7. The Hall–Kier alpha value is -2.06. The number of hydrogen-bond donors (Lipinski definition) is 1. The first-order valence-electron chi connectivity index (χ1n) is 11.9. The van der Waals surface area contributed by atoms with E-state index in [1.807, 2.05) is 17.0 Å². The van der Waals surface area contributed by atoms with E-state index in [0.29, 0.717) is 18.0 Å². The monoisotopic (exact) mass is 498 g/mol. The number of benzene rings is 1. The molecule has 4 heterocycles. The average Bonchev–Trinajstić information content (AvgIpc) is 3.32. The first kappa shape index (κ1) is 23.7. The molecule has 2 aliphatic rings. The lowest BCUT2D eigenvalue weighted by Gasteiger charge is -2.37. The first-order chi connectivity index (χ1) is 16.2. The van der Waals surface area contributed by atoms with Gasteiger partial charge >= 0.3 is 0 Å². The van der Waals surface area contributed by atoms with Crippen molar-refractivity contribution in [3.05, 3.63) is 45.6 Å². The molecule has 6 nitrogen and oxygen atoms in total. The van der Waals surface area contributed by atoms with Crippen LogP contribution in [0.2, 0.25) is 5.02 Å². The van der Waals surface area contributed by atoms with E-state index < -0.39 is 0 Å². The number of rotatable bonds is 5. The van der Waals surface area contributed by atoms with Gasteiger partial charge in [0.1, 0.15) is 6.33 Å². The molecular weight excluding hydrogens is 468 g/mol. The lowest BCUT2D eigenvalue weighted by atomic mass is 9.93. The van der Waals surface area contributed by atoms with E-state index in [1.54, 1.807) is 17.7 Å². The Morgan fingerprint density at radius 1 is 1.29 bits per heavy atom. The number of carbonyl (C=O) groups is 1. The maximum atomic E-state index is 12.3. The zero-order valence-electron chi connectivity index (χ0n) is 20.2. The predicted molar refractivity (Wildman–Crippen MR) is 137 cm³/mol. The van der Waals surface area contributed by atoms with Crippen molar-refractivity contribution >= 4 is 39.1 Å². The Morgan fingerprint density at radius 3 is 2.85 bits per heavy atom. The number of likely N-dealkylation sites (tertiary alicyclic amines) is 1. The fraction of sp³-hybridized carbons (Fsp3) is 0.500. The normalized spacial score (nSPS) is 22.6. The van der Waals surface area contributed by atoms with Gasteiger partial charge < -0.3 is 15.0 Å². The van der Waals surface area contributed by atoms with Crippen LogP contribution in [-0.2, 0) is 22.5 Å². The molecule has 2 atom stereocenters. The number of thiophene rings is 1. The van der Waals surface area contributed by atoms with Crippen molar-refractivity contribution in [2.45, 2.75) is 71.2 Å². The van der Waals surface area contributed by atoms with E-state index in [-0.39, 0.29) is 23.7 Å². The van der Waals surface area contributed by atoms with E-state index in [2.05, 4.69) is 44.1 Å². The number of amides is 1. The van der Waals surface area contributed by atoms with Gasteiger partial charge in [0.2, 0.25) is 5.91 Å². The molecule has 0 bridgehead atoms. The fourth-order valence-corrected chi connectivity index (χ4v) is 6.51. The third-order valence-corrected chi connectivity index (χ3v) is 8.18. The summed E-state index contributed by atoms with van der Waals surface area (Å²) in [6, 6.07) is 6.40. The van der Waals surface area contributed by atoms with E-state index >= 15 is 0 Å². The number of fused-ring (bicyclic) bond motifs is 1. The minimum Gasteiger partial charge on any atom is -0.369 e. The van der Waals surface area contributed by atoms with Crippen LogP contribution in [0.5, 0.6) is 0 Å². The quantitative estimate of drug-likeness (QED) is 0.527. The van der Waals surface area contributed by atoms with Crippen LogP contribution < -0.4 is 5.32 Å². The Kier molecular flexibility index (Phi) is 6.40. The summed E-state index contributed by atoms with van der Waals surface area (Å²) in [7, 11) is 0. The number of nitrogens with zero attached hydrogens (tertiary/aromatic N) is 3. The zero-order chi connectivity index (χ0) is 24.0. The molecule has 3 aromatic rings. The van der Waals surface area contributed by atoms with Gasteiger partial charge in [0.05, 0.1) is 34.2 Å². The molecule has 2 fully saturated rings. The lowest BCUT2D eigenvalue weighted by Crippen LogP contribution is -2.51. The summed E-state index contributed by atoms with van der Waals surface area (Å²) < 4.78 is 7.41. The van der Waals surface area contributed by atoms with Gasteiger partial charge in [0.15, 0.2) is 0 Å². The Balaban J connectivity index is 1.53. The molecule has 0 radical (unpaired) electrons. The van der Waals surface area contributed by atoms with Gasteiger partial charge in [-0.3, -0.25) is 4.79 Å². The number of aromatic nitrogens is 2. The summed E-state index contributed by atoms with van der Waals surface area (Å²) in [6.07, 6.45) is 4.03. The minimum atomic E-state index is -0.196. The highest BCUT2D eigenvalue weighted by atomic mass is 35.5. The standard InChI is InChI=1S/C26H31ClN4O2S/c1-15-7-17(27)8-21(20(15)9-18-11-28-13-26(3,4)33-18)24-25-22(29-14-30-24)10-19(34-25)12-31-16(2)5-6-23(31)32/h7-8,10,14,16,18,28H,5-6,9,11-13H2,1-4H3/t16?,18-/m1/s1. The van der Waals surface area contributed by atoms with Crippen molar-refractivity contribution in [3.8, 4) is 11.3 Å². The molecule has 5 rings (SSSR count). The highest BCUT2D eigenvalue weighted by Gasteiger charge is 2.30. The minimum absolute atomic E-state index is 0.0706. The molecule has 1 unspecified atom stereocenters. The lowest BCUT2D eigenvalue weighted by molar-refractivity contribution is -0.129. The van der Waals surface area contributed by atoms with Gasteiger partial charge in [0, 0.05) is 47.4 Å². The van der Waals surface area contributed by atoms with Crippen molar-refractivity contribution in [1.29, 1.82) is 0 Å². The number of morpholine rings is 1. The highest BCUT2D eigenvalue weighted by molar-refractivity contribution is 7.19. The summed E-state index contributed by atoms with van der Waals surface area (Å²) in [5, 5.41) is 4.20. The van der Waals surface area contributed by atoms with Crippen LogP contribution in [0, 0.1) is 6.92 Å². The molecule has 0 saturated carbocycles. The van der Waals surface area contributed by atoms with Gasteiger partial charge in [-0.15, -0.1) is 11.3 Å². The van der Waals surface area contributed by atoms with Crippen LogP contribution in [-0.4, -0.2) is 51.6 Å². The average molecular weight is 499 g/mol. The Bertz CT molecular complexity index is 1240. The number of carbonyl (C=O) groups excluding carboxylic acids is 1. The van der Waals surface area contributed by atoms with Crippen LogP contribution in [0.15, 0.2) is 24.5 Å². The predicted octanol–water partition coefficient (Wildman–Crippen LogP) is 5.14. The SMILES string of the molecule is Cc1cc(Cl)cc(-c2ncnc3cc(CN4C(=O)CCC4C)sc23)c1C[C@@H]1CNCC(C)(C)O1. The van der Waals surface area contributed by atoms with E-state index in [4.69, 9.17) is 21.3 Å². The fourth-order valence-electron chi connectivity index (χ4n) is 5.13. The molecular formula is C26H31ClN4O2S. The number of halogens is 1. The van der Waals surface area contributed by atoms with Crippen LogP contribution >= 0.6 is 22.9 Å². The molecule has 1 aromatic carbocycles. The molecule has 34 heavy (non-hydrogen) atoms. The second-order valence-electron chi connectivity index (χ2n) is 10.1. The maximum Gasteiger partial charge on any atom is 0.223 e. The number of hydrogen-bond acceptors (Lipinski definition) is 6. The van der Waals surface area contributed by atoms with Gasteiger partial charge in [-0.05, 0) is 63.4 Å². The van der Waals surface area contributed by atoms with Crippen molar-refractivity contribution < 1.29 is 9.53 Å². The smallest absolute Gasteiger partial charge is 0.223 e. The number of nitrogens with one attached hydrogen (secondary N) is 1. The summed E-state index contributed by atoms with van der Waals surface area (Å²) in [6.45, 7) is 10.7. The third-order valence-electron chi connectivity index (χ3n) is 6.85. The summed E-state index contributed by atoms with van der Waals surface area (Å²) >= 11 is 8.20. The maximum absolute atomic E-state index is 12.3. The van der Waals surface area contributed by atoms with Crippen LogP contribution in [0.25, 0.3) is 21.5 Å². The van der Waals surface area contributed by atoms with Crippen LogP contribution in [0.3, 0.4) is 0 Å². The molecule has 2 aliphatic heterocycles. The number of aryl methyl sites for hydroxylation is 1. The van der Waals surface area contributed by atoms with Crippen molar-refractivity contribution in [2.24, 2.45) is 0 Å². The third kappa shape index (κ3) is 4.71. The molecule has 1 amide bonds. The van der Waals surface area contributed by atoms with E-state index in [9.17, 15) is 4.79 Å². The molecule has 8 heteroatoms. The number of ether oxygens (including phenoxy) is 1. The molecule has 0 spiro atoms. The zero-order valence-corrected chi connectivity index (χ0v) is 21.7. The molecule has 180 valence electrons. The second kappa shape index (κ2) is 9.19. The molecule has 0 aliphatic carbocycles. The van der Waals surface area contributed by atoms with E-state index in [0.717, 1.165) is 57.8 Å². The first-order valence-corrected chi connectivity index (χ1v) is 13.1. The van der Waals surface area contributed by atoms with Gasteiger partial charge in [-0.25, -0.2) is 9.97 Å². The molecule has 1 N–H and O–H groups in total. The Labute approximate surface area is 209 Å². The van der Waals surface area contributed by atoms with Gasteiger partial charge in [-0.1, -0.05) is 11.6 Å². The summed E-state index contributed by atoms with van der Waals surface area (Å²) in [5.74, 6) is 0.230.